The maximum absolute atomic E-state index is 12.2. The highest BCUT2D eigenvalue weighted by Gasteiger charge is 2.23. The van der Waals surface area contributed by atoms with Crippen molar-refractivity contribution in [3.8, 4) is 0 Å². The number of benzene rings is 1. The highest BCUT2D eigenvalue weighted by atomic mass is 32.1. The van der Waals surface area contributed by atoms with Crippen LogP contribution in [0.2, 0.25) is 0 Å². The van der Waals surface area contributed by atoms with E-state index in [1.165, 1.54) is 17.1 Å². The minimum absolute atomic E-state index is 0.0235. The van der Waals surface area contributed by atoms with E-state index in [-0.39, 0.29) is 5.91 Å². The standard InChI is InChI=1S/C18H24N4OS/c1-2-16-17(24-21-20-16)18(23)19-12-15-9-11-22(13-15)10-8-14-6-4-3-5-7-14/h3-7,15H,2,8-13H2,1H3,(H,19,23). The molecule has 128 valence electrons. The van der Waals surface area contributed by atoms with Crippen LogP contribution in [0, 0.1) is 5.92 Å². The molecule has 1 unspecified atom stereocenters. The lowest BCUT2D eigenvalue weighted by molar-refractivity contribution is 0.0950. The lowest BCUT2D eigenvalue weighted by atomic mass is 10.1. The van der Waals surface area contributed by atoms with Gasteiger partial charge in [0.1, 0.15) is 4.88 Å². The molecule has 1 amide bonds. The summed E-state index contributed by atoms with van der Waals surface area (Å²) in [6.07, 6.45) is 2.99. The van der Waals surface area contributed by atoms with E-state index >= 15 is 0 Å². The Labute approximate surface area is 147 Å². The van der Waals surface area contributed by atoms with Crippen molar-refractivity contribution in [2.45, 2.75) is 26.2 Å². The van der Waals surface area contributed by atoms with E-state index in [1.807, 2.05) is 6.92 Å². The third-order valence-electron chi connectivity index (χ3n) is 4.58. The number of aromatic nitrogens is 2. The van der Waals surface area contributed by atoms with E-state index in [9.17, 15) is 4.79 Å². The van der Waals surface area contributed by atoms with Gasteiger partial charge in [0.25, 0.3) is 5.91 Å². The largest absolute Gasteiger partial charge is 0.351 e. The number of rotatable bonds is 7. The molecule has 0 aliphatic carbocycles. The fraction of sp³-hybridized carbons (Fsp3) is 0.500. The second kappa shape index (κ2) is 8.35. The molecule has 1 aliphatic rings. The highest BCUT2D eigenvalue weighted by molar-refractivity contribution is 7.08. The van der Waals surface area contributed by atoms with Crippen molar-refractivity contribution in [2.24, 2.45) is 5.92 Å². The van der Waals surface area contributed by atoms with Crippen LogP contribution in [0.5, 0.6) is 0 Å². The molecule has 2 aromatic rings. The zero-order valence-corrected chi connectivity index (χ0v) is 14.9. The van der Waals surface area contributed by atoms with Gasteiger partial charge in [-0.25, -0.2) is 0 Å². The predicted octanol–water partition coefficient (Wildman–Crippen LogP) is 2.39. The van der Waals surface area contributed by atoms with Gasteiger partial charge < -0.3 is 10.2 Å². The third-order valence-corrected chi connectivity index (χ3v) is 5.34. The number of likely N-dealkylation sites (tertiary alicyclic amines) is 1. The van der Waals surface area contributed by atoms with Gasteiger partial charge in [-0.1, -0.05) is 41.7 Å². The molecule has 5 nitrogen and oxygen atoms in total. The Morgan fingerprint density at radius 1 is 1.38 bits per heavy atom. The smallest absolute Gasteiger partial charge is 0.264 e. The Kier molecular flexibility index (Phi) is 5.93. The Balaban J connectivity index is 1.41. The fourth-order valence-corrected chi connectivity index (χ4v) is 3.81. The molecule has 1 fully saturated rings. The molecular weight excluding hydrogens is 320 g/mol. The Bertz CT molecular complexity index is 658. The van der Waals surface area contributed by atoms with Crippen molar-refractivity contribution in [2.75, 3.05) is 26.2 Å². The summed E-state index contributed by atoms with van der Waals surface area (Å²) in [5.74, 6) is 0.514. The van der Waals surface area contributed by atoms with E-state index in [0.29, 0.717) is 10.8 Å². The van der Waals surface area contributed by atoms with Crippen molar-refractivity contribution in [1.82, 2.24) is 19.8 Å². The second-order valence-corrected chi connectivity index (χ2v) is 7.06. The SMILES string of the molecule is CCc1nnsc1C(=O)NCC1CCN(CCc2ccccc2)C1. The Hall–Kier alpha value is -1.79. The molecule has 1 saturated heterocycles. The van der Waals surface area contributed by atoms with Crippen LogP contribution < -0.4 is 5.32 Å². The predicted molar refractivity (Wildman–Crippen MR) is 96.3 cm³/mol. The first-order valence-electron chi connectivity index (χ1n) is 8.62. The van der Waals surface area contributed by atoms with Crippen LogP contribution >= 0.6 is 11.5 Å². The number of carbonyl (C=O) groups is 1. The first-order valence-corrected chi connectivity index (χ1v) is 9.39. The van der Waals surface area contributed by atoms with Crippen LogP contribution in [0.15, 0.2) is 30.3 Å². The van der Waals surface area contributed by atoms with Crippen LogP contribution in [0.1, 0.15) is 34.3 Å². The summed E-state index contributed by atoms with van der Waals surface area (Å²) in [6.45, 7) is 6.01. The summed E-state index contributed by atoms with van der Waals surface area (Å²) in [5, 5.41) is 7.06. The minimum Gasteiger partial charge on any atom is -0.351 e. The van der Waals surface area contributed by atoms with Gasteiger partial charge in [0.2, 0.25) is 0 Å². The van der Waals surface area contributed by atoms with Gasteiger partial charge in [0.15, 0.2) is 0 Å². The Morgan fingerprint density at radius 2 is 2.21 bits per heavy atom. The lowest BCUT2D eigenvalue weighted by Gasteiger charge is -2.16. The molecule has 1 atom stereocenters. The first-order chi connectivity index (χ1) is 11.8. The van der Waals surface area contributed by atoms with Gasteiger partial charge in [-0.2, -0.15) is 0 Å². The maximum Gasteiger partial charge on any atom is 0.264 e. The van der Waals surface area contributed by atoms with Crippen LogP contribution in [0.3, 0.4) is 0 Å². The number of carbonyl (C=O) groups excluding carboxylic acids is 1. The monoisotopic (exact) mass is 344 g/mol. The zero-order valence-electron chi connectivity index (χ0n) is 14.1. The normalized spacial score (nSPS) is 18.0. The van der Waals surface area contributed by atoms with Gasteiger partial charge in [-0.15, -0.1) is 5.10 Å². The summed E-state index contributed by atoms with van der Waals surface area (Å²) < 4.78 is 3.88. The summed E-state index contributed by atoms with van der Waals surface area (Å²) in [6, 6.07) is 10.6. The van der Waals surface area contributed by atoms with E-state index in [0.717, 1.165) is 51.1 Å². The van der Waals surface area contributed by atoms with Crippen molar-refractivity contribution in [1.29, 1.82) is 0 Å². The molecule has 1 aromatic carbocycles. The molecule has 2 heterocycles. The molecule has 3 rings (SSSR count). The number of hydrogen-bond donors (Lipinski definition) is 1. The highest BCUT2D eigenvalue weighted by Crippen LogP contribution is 2.17. The van der Waals surface area contributed by atoms with Gasteiger partial charge in [0.05, 0.1) is 5.69 Å². The molecule has 0 spiro atoms. The van der Waals surface area contributed by atoms with E-state index in [2.05, 4.69) is 50.1 Å². The summed E-state index contributed by atoms with van der Waals surface area (Å²) in [5.41, 5.74) is 2.19. The number of amides is 1. The van der Waals surface area contributed by atoms with E-state index in [4.69, 9.17) is 0 Å². The number of hydrogen-bond acceptors (Lipinski definition) is 5. The molecule has 1 aliphatic heterocycles. The molecule has 0 saturated carbocycles. The van der Waals surface area contributed by atoms with Gasteiger partial charge >= 0.3 is 0 Å². The number of aryl methyl sites for hydroxylation is 1. The third kappa shape index (κ3) is 4.39. The van der Waals surface area contributed by atoms with Crippen molar-refractivity contribution in [3.63, 3.8) is 0 Å². The zero-order chi connectivity index (χ0) is 16.8. The molecule has 0 radical (unpaired) electrons. The molecule has 0 bridgehead atoms. The second-order valence-electron chi connectivity index (χ2n) is 6.30. The van der Waals surface area contributed by atoms with Gasteiger partial charge in [-0.3, -0.25) is 4.79 Å². The Morgan fingerprint density at radius 3 is 3.00 bits per heavy atom. The van der Waals surface area contributed by atoms with Crippen molar-refractivity contribution >= 4 is 17.4 Å². The van der Waals surface area contributed by atoms with Crippen LogP contribution in [0.25, 0.3) is 0 Å². The van der Waals surface area contributed by atoms with Crippen LogP contribution in [-0.2, 0) is 12.8 Å². The summed E-state index contributed by atoms with van der Waals surface area (Å²) in [7, 11) is 0. The van der Waals surface area contributed by atoms with E-state index in [1.54, 1.807) is 0 Å². The minimum atomic E-state index is -0.0235. The average Bonchev–Trinajstić information content (AvgIpc) is 3.28. The maximum atomic E-state index is 12.2. The van der Waals surface area contributed by atoms with Crippen LogP contribution in [0.4, 0.5) is 0 Å². The topological polar surface area (TPSA) is 58.1 Å². The van der Waals surface area contributed by atoms with Crippen molar-refractivity contribution in [3.05, 3.63) is 46.5 Å². The fourth-order valence-electron chi connectivity index (χ4n) is 3.14. The van der Waals surface area contributed by atoms with Crippen LogP contribution in [-0.4, -0.2) is 46.6 Å². The van der Waals surface area contributed by atoms with Gasteiger partial charge in [0, 0.05) is 19.6 Å². The average molecular weight is 344 g/mol. The molecule has 24 heavy (non-hydrogen) atoms. The molecule has 1 N–H and O–H groups in total. The summed E-state index contributed by atoms with van der Waals surface area (Å²) >= 11 is 1.19. The van der Waals surface area contributed by atoms with Gasteiger partial charge in [-0.05, 0) is 48.8 Å². The number of nitrogens with one attached hydrogen (secondary N) is 1. The summed E-state index contributed by atoms with van der Waals surface area (Å²) in [4.78, 5) is 15.4. The molecule has 1 aromatic heterocycles. The van der Waals surface area contributed by atoms with Crippen molar-refractivity contribution < 1.29 is 4.79 Å². The quantitative estimate of drug-likeness (QED) is 0.838. The molecular formula is C18H24N4OS. The first kappa shape index (κ1) is 17.0. The van der Waals surface area contributed by atoms with E-state index < -0.39 is 0 Å². The number of nitrogens with zero attached hydrogens (tertiary/aromatic N) is 3. The molecule has 6 heteroatoms. The lowest BCUT2D eigenvalue weighted by Crippen LogP contribution is -2.31.